The minimum Gasteiger partial charge on any atom is -0.301 e. The molecule has 1 aromatic rings. The van der Waals surface area contributed by atoms with Crippen LogP contribution in [0.5, 0.6) is 0 Å². The van der Waals surface area contributed by atoms with Crippen LogP contribution in [0.4, 0.5) is 4.79 Å². The lowest BCUT2D eigenvalue weighted by atomic mass is 9.98. The van der Waals surface area contributed by atoms with Gasteiger partial charge in [-0.15, -0.1) is 0 Å². The molecule has 0 aromatic heterocycles. The van der Waals surface area contributed by atoms with Crippen molar-refractivity contribution in [3.05, 3.63) is 35.4 Å². The van der Waals surface area contributed by atoms with Crippen LogP contribution in [-0.4, -0.2) is 30.7 Å². The summed E-state index contributed by atoms with van der Waals surface area (Å²) in [6, 6.07) is 8.44. The van der Waals surface area contributed by atoms with E-state index in [1.54, 1.807) is 4.90 Å². The first-order valence-corrected chi connectivity index (χ1v) is 6.74. The molecule has 4 nitrogen and oxygen atoms in total. The van der Waals surface area contributed by atoms with Crippen molar-refractivity contribution in [1.82, 2.24) is 4.90 Å². The molecule has 1 fully saturated rings. The minimum absolute atomic E-state index is 0.109. The number of likely N-dealkylation sites (tertiary alicyclic amines) is 1. The fourth-order valence-corrected chi connectivity index (χ4v) is 4.06. The van der Waals surface area contributed by atoms with E-state index in [1.165, 1.54) is 18.2 Å². The second-order valence-corrected chi connectivity index (χ2v) is 6.11. The van der Waals surface area contributed by atoms with Crippen LogP contribution >= 0.6 is 15.9 Å². The van der Waals surface area contributed by atoms with Gasteiger partial charge in [0.1, 0.15) is 0 Å². The van der Waals surface area contributed by atoms with Crippen LogP contribution in [0.25, 0.3) is 0 Å². The Kier molecular flexibility index (Phi) is 2.83. The molecule has 1 saturated heterocycles. The number of benzene rings is 1. The van der Waals surface area contributed by atoms with Crippen LogP contribution in [0.3, 0.4) is 0 Å². The number of hydrogen-bond acceptors (Lipinski definition) is 3. The molecule has 2 atom stereocenters. The van der Waals surface area contributed by atoms with Crippen molar-refractivity contribution in [3.63, 3.8) is 0 Å². The highest BCUT2D eigenvalue weighted by Gasteiger charge is 2.53. The predicted molar refractivity (Wildman–Crippen MR) is 69.4 cm³/mol. The SMILES string of the molecule is COOC(=O)N1CC[C@]2(Br)c3ccccc3C[C@H]12. The lowest BCUT2D eigenvalue weighted by Gasteiger charge is -2.26. The Bertz CT molecular complexity index is 493. The zero-order chi connectivity index (χ0) is 12.8. The van der Waals surface area contributed by atoms with E-state index in [-0.39, 0.29) is 10.4 Å². The Morgan fingerprint density at radius 2 is 2.28 bits per heavy atom. The van der Waals surface area contributed by atoms with E-state index in [0.29, 0.717) is 6.54 Å². The fourth-order valence-electron chi connectivity index (χ4n) is 3.09. The molecule has 1 amide bonds. The third-order valence-electron chi connectivity index (χ3n) is 3.89. The van der Waals surface area contributed by atoms with E-state index < -0.39 is 6.09 Å². The molecule has 1 aliphatic heterocycles. The molecule has 1 heterocycles. The van der Waals surface area contributed by atoms with Gasteiger partial charge < -0.3 is 4.90 Å². The smallest absolute Gasteiger partial charge is 0.301 e. The van der Waals surface area contributed by atoms with Gasteiger partial charge in [-0.3, -0.25) is 4.89 Å². The van der Waals surface area contributed by atoms with Crippen molar-refractivity contribution < 1.29 is 14.6 Å². The van der Waals surface area contributed by atoms with Gasteiger partial charge in [0.2, 0.25) is 0 Å². The van der Waals surface area contributed by atoms with E-state index in [1.807, 2.05) is 12.1 Å². The van der Waals surface area contributed by atoms with Crippen LogP contribution in [0.2, 0.25) is 0 Å². The molecule has 0 spiro atoms. The van der Waals surface area contributed by atoms with E-state index >= 15 is 0 Å². The lowest BCUT2D eigenvalue weighted by Crippen LogP contribution is -2.40. The normalized spacial score (nSPS) is 29.0. The van der Waals surface area contributed by atoms with Gasteiger partial charge in [-0.25, -0.2) is 4.79 Å². The first-order chi connectivity index (χ1) is 8.66. The number of amides is 1. The summed E-state index contributed by atoms with van der Waals surface area (Å²) in [7, 11) is 1.35. The molecule has 3 rings (SSSR count). The minimum atomic E-state index is -0.406. The van der Waals surface area contributed by atoms with Crippen LogP contribution in [0.1, 0.15) is 17.5 Å². The Hall–Kier alpha value is -1.07. The van der Waals surface area contributed by atoms with Gasteiger partial charge in [-0.05, 0) is 24.0 Å². The summed E-state index contributed by atoms with van der Waals surface area (Å²) < 4.78 is -0.129. The van der Waals surface area contributed by atoms with Crippen molar-refractivity contribution in [2.75, 3.05) is 13.7 Å². The van der Waals surface area contributed by atoms with Crippen molar-refractivity contribution in [3.8, 4) is 0 Å². The zero-order valence-corrected chi connectivity index (χ0v) is 11.6. The molecule has 5 heteroatoms. The number of alkyl halides is 1. The maximum atomic E-state index is 11.8. The van der Waals surface area contributed by atoms with E-state index in [9.17, 15) is 4.79 Å². The molecule has 1 aromatic carbocycles. The number of hydrogen-bond donors (Lipinski definition) is 0. The first kappa shape index (κ1) is 12.0. The summed E-state index contributed by atoms with van der Waals surface area (Å²) in [5.74, 6) is 0. The molecule has 0 bridgehead atoms. The number of halogens is 1. The average Bonchev–Trinajstić information content (AvgIpc) is 2.82. The van der Waals surface area contributed by atoms with Gasteiger partial charge in [-0.1, -0.05) is 40.2 Å². The number of fused-ring (bicyclic) bond motifs is 3. The highest BCUT2D eigenvalue weighted by Crippen LogP contribution is 2.52. The monoisotopic (exact) mass is 311 g/mol. The Labute approximate surface area is 114 Å². The molecule has 96 valence electrons. The number of carbonyl (C=O) groups is 1. The van der Waals surface area contributed by atoms with Gasteiger partial charge in [0.05, 0.1) is 17.5 Å². The summed E-state index contributed by atoms with van der Waals surface area (Å²) in [5.41, 5.74) is 2.59. The standard InChI is InChI=1S/C13H14BrNO3/c1-17-18-12(16)15-7-6-13(14)10-5-3-2-4-9(10)8-11(13)15/h2-5,11H,6-8H2,1H3/t11-,13-/m0/s1. The largest absolute Gasteiger partial charge is 0.441 e. The van der Waals surface area contributed by atoms with Crippen LogP contribution in [0, 0.1) is 0 Å². The third-order valence-corrected chi connectivity index (χ3v) is 5.24. The molecule has 2 aliphatic rings. The number of nitrogens with zero attached hydrogens (tertiary/aromatic N) is 1. The van der Waals surface area contributed by atoms with Crippen molar-refractivity contribution in [2.24, 2.45) is 0 Å². The van der Waals surface area contributed by atoms with Gasteiger partial charge in [0, 0.05) is 6.54 Å². The fraction of sp³-hybridized carbons (Fsp3) is 0.462. The summed E-state index contributed by atoms with van der Waals surface area (Å²) in [6.07, 6.45) is 1.35. The molecule has 0 radical (unpaired) electrons. The number of carbonyl (C=O) groups excluding carboxylic acids is 1. The molecule has 0 N–H and O–H groups in total. The second-order valence-electron chi connectivity index (χ2n) is 4.70. The highest BCUT2D eigenvalue weighted by molar-refractivity contribution is 9.09. The second kappa shape index (κ2) is 4.24. The predicted octanol–water partition coefficient (Wildman–Crippen LogP) is 2.61. The summed E-state index contributed by atoms with van der Waals surface area (Å²) in [4.78, 5) is 22.7. The summed E-state index contributed by atoms with van der Waals surface area (Å²) >= 11 is 3.84. The molecule has 0 unspecified atom stereocenters. The summed E-state index contributed by atoms with van der Waals surface area (Å²) in [6.45, 7) is 0.687. The summed E-state index contributed by atoms with van der Waals surface area (Å²) in [5, 5.41) is 0. The lowest BCUT2D eigenvalue weighted by molar-refractivity contribution is -0.221. The van der Waals surface area contributed by atoms with Crippen LogP contribution in [-0.2, 0) is 20.5 Å². The first-order valence-electron chi connectivity index (χ1n) is 5.95. The maximum Gasteiger partial charge on any atom is 0.441 e. The molecular formula is C13H14BrNO3. The average molecular weight is 312 g/mol. The Morgan fingerprint density at radius 3 is 3.06 bits per heavy atom. The van der Waals surface area contributed by atoms with E-state index in [0.717, 1.165) is 12.8 Å². The van der Waals surface area contributed by atoms with Gasteiger partial charge in [0.15, 0.2) is 0 Å². The van der Waals surface area contributed by atoms with E-state index in [2.05, 4.69) is 37.8 Å². The molecule has 0 saturated carbocycles. The van der Waals surface area contributed by atoms with Crippen LogP contribution < -0.4 is 0 Å². The van der Waals surface area contributed by atoms with E-state index in [4.69, 9.17) is 0 Å². The third kappa shape index (κ3) is 1.57. The van der Waals surface area contributed by atoms with Crippen LogP contribution in [0.15, 0.2) is 24.3 Å². The Balaban J connectivity index is 1.92. The van der Waals surface area contributed by atoms with Gasteiger partial charge in [-0.2, -0.15) is 4.89 Å². The topological polar surface area (TPSA) is 38.8 Å². The van der Waals surface area contributed by atoms with Gasteiger partial charge >= 0.3 is 6.09 Å². The molecule has 18 heavy (non-hydrogen) atoms. The number of rotatable bonds is 1. The Morgan fingerprint density at radius 1 is 1.50 bits per heavy atom. The van der Waals surface area contributed by atoms with Crippen molar-refractivity contribution in [2.45, 2.75) is 23.2 Å². The quantitative estimate of drug-likeness (QED) is 0.454. The highest BCUT2D eigenvalue weighted by atomic mass is 79.9. The van der Waals surface area contributed by atoms with Gasteiger partial charge in [0.25, 0.3) is 0 Å². The maximum absolute atomic E-state index is 11.8. The molecular weight excluding hydrogens is 298 g/mol. The van der Waals surface area contributed by atoms with Crippen molar-refractivity contribution in [1.29, 1.82) is 0 Å². The van der Waals surface area contributed by atoms with Crippen molar-refractivity contribution >= 4 is 22.0 Å². The molecule has 1 aliphatic carbocycles. The zero-order valence-electron chi connectivity index (χ0n) is 10.1.